The molecule has 25 heavy (non-hydrogen) atoms. The van der Waals surface area contributed by atoms with Crippen LogP contribution >= 0.6 is 10.7 Å². The summed E-state index contributed by atoms with van der Waals surface area (Å²) >= 11 is 0. The van der Waals surface area contributed by atoms with Gasteiger partial charge >= 0.3 is 0 Å². The van der Waals surface area contributed by atoms with Crippen molar-refractivity contribution in [3.63, 3.8) is 0 Å². The number of halogens is 2. The number of nitrogens with zero attached hydrogens (tertiary/aromatic N) is 3. The third kappa shape index (κ3) is 2.96. The lowest BCUT2D eigenvalue weighted by Gasteiger charge is -2.04. The van der Waals surface area contributed by atoms with Crippen LogP contribution in [-0.2, 0) is 16.6 Å². The van der Waals surface area contributed by atoms with E-state index in [2.05, 4.69) is 10.1 Å². The standard InChI is InChI=1S/C17H11ClFN3O2S/c18-25(23)15-8-7-14(24-15)16-12-5-3-9-20-17(12)22(21-16)10-11-4-1-2-6-13(11)19/h1-9H,10H2. The predicted molar refractivity (Wildman–Crippen MR) is 93.0 cm³/mol. The zero-order chi connectivity index (χ0) is 17.4. The summed E-state index contributed by atoms with van der Waals surface area (Å²) in [5.41, 5.74) is 1.64. The fourth-order valence-electron chi connectivity index (χ4n) is 2.62. The van der Waals surface area contributed by atoms with Gasteiger partial charge < -0.3 is 4.42 Å². The molecule has 0 radical (unpaired) electrons. The van der Waals surface area contributed by atoms with Crippen molar-refractivity contribution in [2.75, 3.05) is 0 Å². The minimum absolute atomic E-state index is 0.150. The fourth-order valence-corrected chi connectivity index (χ4v) is 3.20. The highest BCUT2D eigenvalue weighted by atomic mass is 35.7. The minimum atomic E-state index is -1.74. The summed E-state index contributed by atoms with van der Waals surface area (Å²) in [5.74, 6) is 0.121. The number of hydrogen-bond donors (Lipinski definition) is 0. The van der Waals surface area contributed by atoms with Crippen molar-refractivity contribution in [3.8, 4) is 11.5 Å². The van der Waals surface area contributed by atoms with Gasteiger partial charge in [0, 0.05) is 11.8 Å². The van der Waals surface area contributed by atoms with E-state index in [1.165, 1.54) is 12.1 Å². The lowest BCUT2D eigenvalue weighted by Crippen LogP contribution is -2.04. The first-order valence-electron chi connectivity index (χ1n) is 7.36. The Morgan fingerprint density at radius 3 is 2.76 bits per heavy atom. The van der Waals surface area contributed by atoms with E-state index >= 15 is 0 Å². The van der Waals surface area contributed by atoms with Gasteiger partial charge in [0.05, 0.1) is 11.9 Å². The first-order chi connectivity index (χ1) is 12.1. The molecule has 0 N–H and O–H groups in total. The van der Waals surface area contributed by atoms with Crippen molar-refractivity contribution < 1.29 is 13.0 Å². The SMILES string of the molecule is O=S(Cl)c1ccc(-c2nn(Cc3ccccc3F)c3ncccc23)o1. The molecular formula is C17H11ClFN3O2S. The molecule has 0 aliphatic carbocycles. The monoisotopic (exact) mass is 375 g/mol. The third-order valence-corrected chi connectivity index (χ3v) is 4.75. The quantitative estimate of drug-likeness (QED) is 0.503. The molecular weight excluding hydrogens is 365 g/mol. The molecule has 0 saturated carbocycles. The van der Waals surface area contributed by atoms with Gasteiger partial charge in [-0.25, -0.2) is 18.3 Å². The van der Waals surface area contributed by atoms with E-state index in [9.17, 15) is 8.60 Å². The summed E-state index contributed by atoms with van der Waals surface area (Å²) in [7, 11) is 3.81. The average molecular weight is 376 g/mol. The maximum Gasteiger partial charge on any atom is 0.206 e. The summed E-state index contributed by atoms with van der Waals surface area (Å²) in [5, 5.41) is 5.42. The molecule has 0 saturated heterocycles. The Bertz CT molecular complexity index is 1090. The highest BCUT2D eigenvalue weighted by Crippen LogP contribution is 2.30. The zero-order valence-electron chi connectivity index (χ0n) is 12.7. The predicted octanol–water partition coefficient (Wildman–Crippen LogP) is 4.14. The first-order valence-corrected chi connectivity index (χ1v) is 9.34. The number of furan rings is 1. The summed E-state index contributed by atoms with van der Waals surface area (Å²) in [6.45, 7) is 0.231. The van der Waals surface area contributed by atoms with Crippen LogP contribution in [-0.4, -0.2) is 19.0 Å². The van der Waals surface area contributed by atoms with Crippen LogP contribution in [0.4, 0.5) is 4.39 Å². The Morgan fingerprint density at radius 2 is 2.00 bits per heavy atom. The van der Waals surface area contributed by atoms with Crippen LogP contribution in [0.2, 0.25) is 0 Å². The highest BCUT2D eigenvalue weighted by Gasteiger charge is 2.18. The van der Waals surface area contributed by atoms with Crippen molar-refractivity contribution in [1.82, 2.24) is 14.8 Å². The van der Waals surface area contributed by atoms with E-state index in [4.69, 9.17) is 15.1 Å². The number of pyridine rings is 1. The fraction of sp³-hybridized carbons (Fsp3) is 0.0588. The van der Waals surface area contributed by atoms with Gasteiger partial charge in [0.1, 0.15) is 11.5 Å². The number of aromatic nitrogens is 3. The van der Waals surface area contributed by atoms with Crippen molar-refractivity contribution in [2.45, 2.75) is 11.6 Å². The van der Waals surface area contributed by atoms with Crippen molar-refractivity contribution in [2.24, 2.45) is 0 Å². The number of fused-ring (bicyclic) bond motifs is 1. The maximum absolute atomic E-state index is 14.0. The smallest absolute Gasteiger partial charge is 0.206 e. The van der Waals surface area contributed by atoms with Crippen LogP contribution in [0.5, 0.6) is 0 Å². The van der Waals surface area contributed by atoms with Gasteiger partial charge in [-0.3, -0.25) is 0 Å². The summed E-state index contributed by atoms with van der Waals surface area (Å²) < 4.78 is 32.4. The van der Waals surface area contributed by atoms with Crippen LogP contribution in [0.1, 0.15) is 5.56 Å². The number of rotatable bonds is 4. The lowest BCUT2D eigenvalue weighted by atomic mass is 10.2. The third-order valence-electron chi connectivity index (χ3n) is 3.76. The Labute approximate surface area is 149 Å². The van der Waals surface area contributed by atoms with Crippen molar-refractivity contribution >= 4 is 31.7 Å². The van der Waals surface area contributed by atoms with Crippen LogP contribution in [0.3, 0.4) is 0 Å². The van der Waals surface area contributed by atoms with Gasteiger partial charge in [0.15, 0.2) is 21.4 Å². The molecule has 3 aromatic heterocycles. The molecule has 0 fully saturated rings. The van der Waals surface area contributed by atoms with Gasteiger partial charge in [-0.15, -0.1) is 0 Å². The Hall–Kier alpha value is -2.51. The topological polar surface area (TPSA) is 60.9 Å². The molecule has 8 heteroatoms. The molecule has 0 aliphatic rings. The van der Waals surface area contributed by atoms with E-state index < -0.39 is 10.0 Å². The molecule has 0 spiro atoms. The second-order valence-electron chi connectivity index (χ2n) is 5.31. The summed E-state index contributed by atoms with van der Waals surface area (Å²) in [4.78, 5) is 4.35. The summed E-state index contributed by atoms with van der Waals surface area (Å²) in [6, 6.07) is 13.3. The van der Waals surface area contributed by atoms with Crippen molar-refractivity contribution in [1.29, 1.82) is 0 Å². The van der Waals surface area contributed by atoms with Gasteiger partial charge in [0.25, 0.3) is 0 Å². The summed E-state index contributed by atoms with van der Waals surface area (Å²) in [6.07, 6.45) is 1.65. The normalized spacial score (nSPS) is 12.6. The van der Waals surface area contributed by atoms with Gasteiger partial charge in [-0.2, -0.15) is 5.10 Å². The Balaban J connectivity index is 1.83. The number of hydrogen-bond acceptors (Lipinski definition) is 4. The van der Waals surface area contributed by atoms with Crippen LogP contribution in [0, 0.1) is 5.82 Å². The van der Waals surface area contributed by atoms with E-state index in [1.807, 2.05) is 6.07 Å². The van der Waals surface area contributed by atoms with E-state index in [0.717, 1.165) is 5.39 Å². The average Bonchev–Trinajstić information content (AvgIpc) is 3.22. The van der Waals surface area contributed by atoms with Gasteiger partial charge in [-0.1, -0.05) is 18.2 Å². The molecule has 5 nitrogen and oxygen atoms in total. The van der Waals surface area contributed by atoms with Crippen molar-refractivity contribution in [3.05, 3.63) is 66.1 Å². The minimum Gasteiger partial charge on any atom is -0.444 e. The second-order valence-corrected chi connectivity index (χ2v) is 7.00. The molecule has 1 atom stereocenters. The zero-order valence-corrected chi connectivity index (χ0v) is 14.3. The Kier molecular flexibility index (Phi) is 4.10. The first kappa shape index (κ1) is 16.0. The van der Waals surface area contributed by atoms with E-state index in [-0.39, 0.29) is 17.5 Å². The lowest BCUT2D eigenvalue weighted by molar-refractivity contribution is 0.478. The largest absolute Gasteiger partial charge is 0.444 e. The van der Waals surface area contributed by atoms with Crippen LogP contribution in [0.15, 0.2) is 64.2 Å². The van der Waals surface area contributed by atoms with Crippen LogP contribution in [0.25, 0.3) is 22.5 Å². The molecule has 4 aromatic rings. The molecule has 0 bridgehead atoms. The van der Waals surface area contributed by atoms with Gasteiger partial charge in [-0.05, 0) is 41.0 Å². The molecule has 4 rings (SSSR count). The van der Waals surface area contributed by atoms with Gasteiger partial charge in [0.2, 0.25) is 5.09 Å². The molecule has 0 aliphatic heterocycles. The second kappa shape index (κ2) is 6.42. The molecule has 126 valence electrons. The molecule has 1 aromatic carbocycles. The Morgan fingerprint density at radius 1 is 1.16 bits per heavy atom. The maximum atomic E-state index is 14.0. The highest BCUT2D eigenvalue weighted by molar-refractivity contribution is 8.08. The van der Waals surface area contributed by atoms with E-state index in [1.54, 1.807) is 41.2 Å². The van der Waals surface area contributed by atoms with Crippen LogP contribution < -0.4 is 0 Å². The van der Waals surface area contributed by atoms with E-state index in [0.29, 0.717) is 22.7 Å². The molecule has 3 heterocycles. The molecule has 0 amide bonds. The molecule has 1 unspecified atom stereocenters. The number of benzene rings is 1.